The number of pyridine rings is 1. The highest BCUT2D eigenvalue weighted by atomic mass is 15.1. The van der Waals surface area contributed by atoms with Crippen LogP contribution in [0.1, 0.15) is 18.9 Å². The van der Waals surface area contributed by atoms with Crippen LogP contribution in [0.15, 0.2) is 18.5 Å². The fraction of sp³-hybridized carbons (Fsp3) is 0.500. The minimum atomic E-state index is 0.654. The summed E-state index contributed by atoms with van der Waals surface area (Å²) in [7, 11) is 2.14. The molecule has 1 aromatic rings. The topological polar surface area (TPSA) is 16.1 Å². The first-order valence-electron chi connectivity index (χ1n) is 4.45. The molecule has 0 fully saturated rings. The molecule has 2 heteroatoms. The lowest BCUT2D eigenvalue weighted by Crippen LogP contribution is -2.33. The van der Waals surface area contributed by atoms with Crippen LogP contribution in [0.5, 0.6) is 0 Å². The van der Waals surface area contributed by atoms with Crippen LogP contribution in [-0.4, -0.2) is 18.1 Å². The van der Waals surface area contributed by atoms with Crippen molar-refractivity contribution in [3.8, 4) is 0 Å². The molecule has 2 rings (SSSR count). The van der Waals surface area contributed by atoms with Crippen LogP contribution in [-0.2, 0) is 6.42 Å². The number of nitrogens with zero attached hydrogens (tertiary/aromatic N) is 2. The lowest BCUT2D eigenvalue weighted by Gasteiger charge is -2.33. The minimum absolute atomic E-state index is 0.654. The van der Waals surface area contributed by atoms with Crippen LogP contribution in [0, 0.1) is 0 Å². The molecule has 12 heavy (non-hydrogen) atoms. The fourth-order valence-electron chi connectivity index (χ4n) is 1.74. The average molecular weight is 162 g/mol. The maximum absolute atomic E-state index is 4.14. The van der Waals surface area contributed by atoms with Gasteiger partial charge >= 0.3 is 0 Å². The van der Waals surface area contributed by atoms with E-state index < -0.39 is 0 Å². The van der Waals surface area contributed by atoms with Gasteiger partial charge in [0, 0.05) is 19.3 Å². The maximum Gasteiger partial charge on any atom is 0.0585 e. The van der Waals surface area contributed by atoms with Crippen molar-refractivity contribution in [3.05, 3.63) is 24.0 Å². The summed E-state index contributed by atoms with van der Waals surface area (Å²) in [4.78, 5) is 6.45. The van der Waals surface area contributed by atoms with Gasteiger partial charge in [0.1, 0.15) is 0 Å². The van der Waals surface area contributed by atoms with Crippen LogP contribution in [0.25, 0.3) is 0 Å². The van der Waals surface area contributed by atoms with Gasteiger partial charge in [-0.15, -0.1) is 0 Å². The first-order valence-corrected chi connectivity index (χ1v) is 4.45. The Labute approximate surface area is 73.2 Å². The van der Waals surface area contributed by atoms with E-state index in [2.05, 4.69) is 29.9 Å². The third-order valence-electron chi connectivity index (χ3n) is 2.76. The monoisotopic (exact) mass is 162 g/mol. The molecule has 0 spiro atoms. The van der Waals surface area contributed by atoms with E-state index in [0.29, 0.717) is 6.04 Å². The number of fused-ring (bicyclic) bond motifs is 1. The summed E-state index contributed by atoms with van der Waals surface area (Å²) in [5.41, 5.74) is 2.74. The quantitative estimate of drug-likeness (QED) is 0.578. The highest BCUT2D eigenvalue weighted by Crippen LogP contribution is 2.27. The van der Waals surface area contributed by atoms with Crippen molar-refractivity contribution in [2.24, 2.45) is 0 Å². The van der Waals surface area contributed by atoms with Crippen LogP contribution in [0.2, 0.25) is 0 Å². The predicted octanol–water partition coefficient (Wildman–Crippen LogP) is 1.85. The third kappa shape index (κ3) is 1.07. The lowest BCUT2D eigenvalue weighted by atomic mass is 9.99. The van der Waals surface area contributed by atoms with Crippen LogP contribution >= 0.6 is 0 Å². The Hall–Kier alpha value is -1.05. The molecule has 0 amide bonds. The van der Waals surface area contributed by atoms with Gasteiger partial charge in [-0.05, 0) is 31.4 Å². The molecule has 0 aliphatic carbocycles. The number of hydrogen-bond donors (Lipinski definition) is 0. The molecular weight excluding hydrogens is 148 g/mol. The van der Waals surface area contributed by atoms with Crippen molar-refractivity contribution in [2.45, 2.75) is 25.8 Å². The summed E-state index contributed by atoms with van der Waals surface area (Å²) < 4.78 is 0. The van der Waals surface area contributed by atoms with Gasteiger partial charge in [0.2, 0.25) is 0 Å². The summed E-state index contributed by atoms with van der Waals surface area (Å²) in [6.07, 6.45) is 6.30. The van der Waals surface area contributed by atoms with Crippen molar-refractivity contribution in [1.82, 2.24) is 4.98 Å². The van der Waals surface area contributed by atoms with E-state index in [1.54, 1.807) is 0 Å². The largest absolute Gasteiger partial charge is 0.370 e. The van der Waals surface area contributed by atoms with E-state index in [-0.39, 0.29) is 0 Å². The Morgan fingerprint density at radius 1 is 1.58 bits per heavy atom. The first-order chi connectivity index (χ1) is 5.79. The molecular formula is C10H14N2. The zero-order valence-corrected chi connectivity index (χ0v) is 7.62. The number of rotatable bonds is 0. The molecule has 1 atom stereocenters. The zero-order chi connectivity index (χ0) is 8.55. The molecule has 64 valence electrons. The van der Waals surface area contributed by atoms with E-state index in [1.165, 1.54) is 24.1 Å². The Kier molecular flexibility index (Phi) is 1.75. The molecule has 1 aliphatic rings. The van der Waals surface area contributed by atoms with Crippen molar-refractivity contribution in [2.75, 3.05) is 11.9 Å². The molecule has 0 saturated heterocycles. The van der Waals surface area contributed by atoms with E-state index in [1.807, 2.05) is 12.4 Å². The minimum Gasteiger partial charge on any atom is -0.370 e. The standard InChI is InChI=1S/C10H14N2/c1-8-3-4-9-5-6-11-7-10(9)12(8)2/h5-8H,3-4H2,1-2H3. The number of anilines is 1. The molecule has 1 aliphatic heterocycles. The van der Waals surface area contributed by atoms with Crippen LogP contribution in [0.4, 0.5) is 5.69 Å². The Morgan fingerprint density at radius 2 is 2.42 bits per heavy atom. The predicted molar refractivity (Wildman–Crippen MR) is 50.4 cm³/mol. The fourth-order valence-corrected chi connectivity index (χ4v) is 1.74. The summed E-state index contributed by atoms with van der Waals surface area (Å²) in [5, 5.41) is 0. The van der Waals surface area contributed by atoms with E-state index >= 15 is 0 Å². The SMILES string of the molecule is CC1CCc2ccncc2N1C. The molecule has 0 aromatic carbocycles. The van der Waals surface area contributed by atoms with E-state index in [0.717, 1.165) is 0 Å². The number of aromatic nitrogens is 1. The lowest BCUT2D eigenvalue weighted by molar-refractivity contribution is 0.597. The van der Waals surface area contributed by atoms with Gasteiger partial charge in [-0.2, -0.15) is 0 Å². The number of hydrogen-bond acceptors (Lipinski definition) is 2. The molecule has 0 saturated carbocycles. The second kappa shape index (κ2) is 2.77. The summed E-state index contributed by atoms with van der Waals surface area (Å²) in [6, 6.07) is 2.78. The van der Waals surface area contributed by atoms with Crippen molar-refractivity contribution < 1.29 is 0 Å². The summed E-state index contributed by atoms with van der Waals surface area (Å²) in [5.74, 6) is 0. The third-order valence-corrected chi connectivity index (χ3v) is 2.76. The second-order valence-electron chi connectivity index (χ2n) is 3.50. The smallest absolute Gasteiger partial charge is 0.0585 e. The van der Waals surface area contributed by atoms with E-state index in [9.17, 15) is 0 Å². The number of aryl methyl sites for hydroxylation is 1. The van der Waals surface area contributed by atoms with Crippen LogP contribution < -0.4 is 4.90 Å². The van der Waals surface area contributed by atoms with Crippen molar-refractivity contribution >= 4 is 5.69 Å². The van der Waals surface area contributed by atoms with Crippen LogP contribution in [0.3, 0.4) is 0 Å². The Morgan fingerprint density at radius 3 is 3.25 bits per heavy atom. The van der Waals surface area contributed by atoms with Gasteiger partial charge in [0.05, 0.1) is 11.9 Å². The summed E-state index contributed by atoms with van der Waals surface area (Å²) in [6.45, 7) is 2.26. The van der Waals surface area contributed by atoms with Crippen molar-refractivity contribution in [1.29, 1.82) is 0 Å². The Bertz CT molecular complexity index is 283. The van der Waals surface area contributed by atoms with Gasteiger partial charge in [-0.25, -0.2) is 0 Å². The van der Waals surface area contributed by atoms with E-state index in [4.69, 9.17) is 0 Å². The van der Waals surface area contributed by atoms with Gasteiger partial charge < -0.3 is 4.90 Å². The highest BCUT2D eigenvalue weighted by molar-refractivity contribution is 5.53. The molecule has 2 nitrogen and oxygen atoms in total. The van der Waals surface area contributed by atoms with Gasteiger partial charge in [-0.3, -0.25) is 4.98 Å². The first kappa shape index (κ1) is 7.59. The normalized spacial score (nSPS) is 22.2. The zero-order valence-electron chi connectivity index (χ0n) is 7.62. The Balaban J connectivity index is 2.42. The maximum atomic E-state index is 4.14. The summed E-state index contributed by atoms with van der Waals surface area (Å²) >= 11 is 0. The molecule has 1 unspecified atom stereocenters. The highest BCUT2D eigenvalue weighted by Gasteiger charge is 2.18. The molecule has 0 radical (unpaired) electrons. The van der Waals surface area contributed by atoms with Gasteiger partial charge in [0.25, 0.3) is 0 Å². The molecule has 0 N–H and O–H groups in total. The molecule has 1 aromatic heterocycles. The average Bonchev–Trinajstić information content (AvgIpc) is 2.12. The van der Waals surface area contributed by atoms with Crippen molar-refractivity contribution in [3.63, 3.8) is 0 Å². The molecule has 0 bridgehead atoms. The van der Waals surface area contributed by atoms with Gasteiger partial charge in [0.15, 0.2) is 0 Å². The molecule has 2 heterocycles. The second-order valence-corrected chi connectivity index (χ2v) is 3.50. The van der Waals surface area contributed by atoms with Gasteiger partial charge in [-0.1, -0.05) is 0 Å².